The molecule has 3 heteroatoms. The zero-order valence-electron chi connectivity index (χ0n) is 11.5. The van der Waals surface area contributed by atoms with Crippen LogP contribution in [0.4, 0.5) is 5.69 Å². The van der Waals surface area contributed by atoms with Gasteiger partial charge in [-0.1, -0.05) is 27.9 Å². The van der Waals surface area contributed by atoms with Gasteiger partial charge in [0.15, 0.2) is 0 Å². The maximum Gasteiger partial charge on any atom is 2.00 e. The van der Waals surface area contributed by atoms with Gasteiger partial charge in [-0.2, -0.15) is 12.1 Å². The second kappa shape index (κ2) is 7.84. The molecule has 0 atom stereocenters. The Hall–Kier alpha value is -1.02. The predicted molar refractivity (Wildman–Crippen MR) is 88.2 cm³/mol. The van der Waals surface area contributed by atoms with Crippen LogP contribution in [-0.4, -0.2) is 6.54 Å². The van der Waals surface area contributed by atoms with Crippen molar-refractivity contribution >= 4 is 21.6 Å². The van der Waals surface area contributed by atoms with E-state index in [2.05, 4.69) is 94.4 Å². The summed E-state index contributed by atoms with van der Waals surface area (Å²) in [6, 6.07) is 17.0. The van der Waals surface area contributed by atoms with E-state index >= 15 is 0 Å². The maximum absolute atomic E-state index is 3.56. The van der Waals surface area contributed by atoms with Gasteiger partial charge < -0.3 is 4.90 Å². The van der Waals surface area contributed by atoms with Crippen molar-refractivity contribution in [3.63, 3.8) is 0 Å². The van der Waals surface area contributed by atoms with Crippen molar-refractivity contribution in [1.29, 1.82) is 0 Å². The molecule has 0 spiro atoms. The minimum atomic E-state index is 0. The third-order valence-corrected chi connectivity index (χ3v) is 3.88. The number of allylic oxidation sites excluding steroid dienone is 2. The van der Waals surface area contributed by atoms with E-state index in [-0.39, 0.29) is 17.1 Å². The first-order valence-corrected chi connectivity index (χ1v) is 7.52. The number of nitrogens with zero attached hydrogens (tertiary/aromatic N) is 1. The third-order valence-electron chi connectivity index (χ3n) is 3.38. The molecule has 0 fully saturated rings. The van der Waals surface area contributed by atoms with Gasteiger partial charge >= 0.3 is 17.1 Å². The fourth-order valence-corrected chi connectivity index (χ4v) is 2.78. The minimum Gasteiger partial charge on any atom is -0.370 e. The Kier molecular flexibility index (Phi) is 6.10. The van der Waals surface area contributed by atoms with Crippen LogP contribution >= 0.6 is 15.9 Å². The van der Waals surface area contributed by atoms with E-state index in [1.165, 1.54) is 17.2 Å². The van der Waals surface area contributed by atoms with Crippen molar-refractivity contribution < 1.29 is 17.1 Å². The molecule has 0 aromatic heterocycles. The van der Waals surface area contributed by atoms with Gasteiger partial charge in [0.05, 0.1) is 0 Å². The molecule has 1 aliphatic carbocycles. The van der Waals surface area contributed by atoms with E-state index in [0.29, 0.717) is 0 Å². The number of benzene rings is 1. The van der Waals surface area contributed by atoms with Crippen molar-refractivity contribution in [1.82, 2.24) is 0 Å². The Bertz CT molecular complexity index is 569. The Balaban J connectivity index is 0.00000161. The van der Waals surface area contributed by atoms with Crippen LogP contribution in [0.5, 0.6) is 0 Å². The molecule has 0 unspecified atom stereocenters. The molecule has 0 saturated carbocycles. The van der Waals surface area contributed by atoms with Crippen molar-refractivity contribution in [2.75, 3.05) is 11.4 Å². The van der Waals surface area contributed by atoms with Crippen LogP contribution in [0.2, 0.25) is 0 Å². The summed E-state index contributed by atoms with van der Waals surface area (Å²) in [5, 5.41) is 0. The zero-order valence-corrected chi connectivity index (χ0v) is 14.2. The topological polar surface area (TPSA) is 3.24 Å². The maximum atomic E-state index is 3.56. The summed E-state index contributed by atoms with van der Waals surface area (Å²) in [5.74, 6) is 1.34. The van der Waals surface area contributed by atoms with E-state index in [1.807, 2.05) is 0 Å². The second-order valence-electron chi connectivity index (χ2n) is 4.92. The molecule has 2 radical (unpaired) electrons. The van der Waals surface area contributed by atoms with Crippen LogP contribution in [0.3, 0.4) is 0 Å². The van der Waals surface area contributed by atoms with E-state index in [1.54, 1.807) is 0 Å². The quantitative estimate of drug-likeness (QED) is 0.534. The molecule has 2 aromatic rings. The molecule has 0 N–H and O–H groups in total. The minimum absolute atomic E-state index is 0. The third kappa shape index (κ3) is 4.47. The first-order valence-electron chi connectivity index (χ1n) is 6.73. The Morgan fingerprint density at radius 2 is 2.00 bits per heavy atom. The fraction of sp³-hybridized carbons (Fsp3) is 0.111. The molecule has 3 rings (SSSR count). The van der Waals surface area contributed by atoms with Crippen molar-refractivity contribution in [2.45, 2.75) is 6.54 Å². The van der Waals surface area contributed by atoms with Crippen molar-refractivity contribution in [2.24, 2.45) is 0 Å². The summed E-state index contributed by atoms with van der Waals surface area (Å²) in [4.78, 5) is 2.40. The number of hydrogen-bond acceptors (Lipinski definition) is 1. The normalized spacial score (nSPS) is 13.8. The van der Waals surface area contributed by atoms with Crippen LogP contribution in [0.25, 0.3) is 0 Å². The molecule has 21 heavy (non-hydrogen) atoms. The SMILES string of the molecule is Brc1cccc(N(C[C]2[CH]C=C[CH-]2)Cc2ccc[cH-]2)c1.[Fe+2]. The Morgan fingerprint density at radius 1 is 1.10 bits per heavy atom. The van der Waals surface area contributed by atoms with Gasteiger partial charge in [-0.05, 0) is 18.2 Å². The van der Waals surface area contributed by atoms with Crippen LogP contribution in [0, 0.1) is 18.8 Å². The van der Waals surface area contributed by atoms with E-state index in [4.69, 9.17) is 0 Å². The summed E-state index contributed by atoms with van der Waals surface area (Å²) in [6.07, 6.45) is 8.54. The standard InChI is InChI=1S/C18H16BrN.Fe/c19-17-10-5-11-18(12-17)20(13-15-6-1-2-7-15)14-16-8-3-4-9-16;/h1-12H,13-14H2;/q-2;+2. The van der Waals surface area contributed by atoms with Crippen LogP contribution in [-0.2, 0) is 23.6 Å². The molecular weight excluding hydrogens is 366 g/mol. The number of halogens is 1. The molecule has 0 bridgehead atoms. The van der Waals surface area contributed by atoms with Crippen LogP contribution in [0.1, 0.15) is 5.56 Å². The van der Waals surface area contributed by atoms with Gasteiger partial charge in [0.1, 0.15) is 0 Å². The predicted octanol–water partition coefficient (Wildman–Crippen LogP) is 4.72. The molecule has 108 valence electrons. The summed E-state index contributed by atoms with van der Waals surface area (Å²) in [7, 11) is 0. The van der Waals surface area contributed by atoms with E-state index in [0.717, 1.165) is 17.6 Å². The molecule has 0 aliphatic heterocycles. The van der Waals surface area contributed by atoms with Crippen LogP contribution < -0.4 is 4.90 Å². The van der Waals surface area contributed by atoms with Gasteiger partial charge in [-0.15, -0.1) is 12.0 Å². The molecule has 2 aromatic carbocycles. The summed E-state index contributed by atoms with van der Waals surface area (Å²) in [6.45, 7) is 1.85. The smallest absolute Gasteiger partial charge is 0.370 e. The van der Waals surface area contributed by atoms with Gasteiger partial charge in [0, 0.05) is 23.2 Å². The molecule has 1 nitrogen and oxygen atoms in total. The fourth-order valence-electron chi connectivity index (χ4n) is 2.39. The van der Waals surface area contributed by atoms with E-state index in [9.17, 15) is 0 Å². The number of rotatable bonds is 5. The monoisotopic (exact) mass is 381 g/mol. The molecular formula is C18H16BrFeN. The Morgan fingerprint density at radius 3 is 2.67 bits per heavy atom. The average Bonchev–Trinajstić information content (AvgIpc) is 3.11. The number of anilines is 1. The van der Waals surface area contributed by atoms with Gasteiger partial charge in [-0.25, -0.2) is 30.7 Å². The summed E-state index contributed by atoms with van der Waals surface area (Å²) >= 11 is 3.56. The molecule has 0 heterocycles. The first kappa shape index (κ1) is 16.4. The molecule has 0 saturated heterocycles. The Labute approximate surface area is 146 Å². The molecule has 1 aliphatic rings. The summed E-state index contributed by atoms with van der Waals surface area (Å²) in [5.41, 5.74) is 2.58. The summed E-state index contributed by atoms with van der Waals surface area (Å²) < 4.78 is 1.12. The average molecular weight is 382 g/mol. The second-order valence-corrected chi connectivity index (χ2v) is 5.84. The van der Waals surface area contributed by atoms with Gasteiger partial charge in [-0.3, -0.25) is 0 Å². The largest absolute Gasteiger partial charge is 2.00 e. The van der Waals surface area contributed by atoms with Crippen LogP contribution in [0.15, 0.2) is 65.2 Å². The number of hydrogen-bond donors (Lipinski definition) is 0. The van der Waals surface area contributed by atoms with Crippen molar-refractivity contribution in [3.05, 3.63) is 89.5 Å². The van der Waals surface area contributed by atoms with E-state index < -0.39 is 0 Å². The zero-order chi connectivity index (χ0) is 13.8. The van der Waals surface area contributed by atoms with Crippen molar-refractivity contribution in [3.8, 4) is 0 Å². The first-order chi connectivity index (χ1) is 9.81. The molecule has 0 amide bonds. The van der Waals surface area contributed by atoms with Gasteiger partial charge in [0.2, 0.25) is 0 Å². The van der Waals surface area contributed by atoms with Gasteiger partial charge in [0.25, 0.3) is 0 Å².